The summed E-state index contributed by atoms with van der Waals surface area (Å²) in [5, 5.41) is 11.0. The van der Waals surface area contributed by atoms with Gasteiger partial charge in [0.05, 0.1) is 5.56 Å². The second-order valence-electron chi connectivity index (χ2n) is 4.30. The molecule has 0 spiro atoms. The van der Waals surface area contributed by atoms with Crippen molar-refractivity contribution in [3.8, 4) is 5.75 Å². The van der Waals surface area contributed by atoms with Crippen LogP contribution in [0.1, 0.15) is 30.6 Å². The van der Waals surface area contributed by atoms with Gasteiger partial charge in [-0.25, -0.2) is 0 Å². The third-order valence-corrected chi connectivity index (χ3v) is 3.40. The number of carbonyl (C=O) groups is 1. The van der Waals surface area contributed by atoms with E-state index < -0.39 is 0 Å². The molecule has 0 aliphatic rings. The van der Waals surface area contributed by atoms with Crippen molar-refractivity contribution in [2.45, 2.75) is 26.3 Å². The first-order chi connectivity index (χ1) is 8.47. The van der Waals surface area contributed by atoms with Crippen LogP contribution in [-0.2, 0) is 0 Å². The number of carbonyl (C=O) groups excluding carboxylic acids is 1. The Morgan fingerprint density at radius 1 is 1.50 bits per heavy atom. The Morgan fingerprint density at radius 2 is 2.17 bits per heavy atom. The number of benzene rings is 1. The van der Waals surface area contributed by atoms with Crippen molar-refractivity contribution in [2.75, 3.05) is 11.9 Å². The number of phenolic OH excluding ortho intramolecular Hbond substituents is 1. The van der Waals surface area contributed by atoms with Gasteiger partial charge in [0.1, 0.15) is 5.75 Å². The van der Waals surface area contributed by atoms with E-state index in [4.69, 9.17) is 11.6 Å². The monoisotopic (exact) mass is 333 g/mol. The number of hydrogen-bond acceptors (Lipinski definition) is 2. The van der Waals surface area contributed by atoms with E-state index in [1.54, 1.807) is 11.0 Å². The molecule has 18 heavy (non-hydrogen) atoms. The molecule has 0 aliphatic carbocycles. The van der Waals surface area contributed by atoms with Gasteiger partial charge < -0.3 is 10.0 Å². The van der Waals surface area contributed by atoms with Crippen LogP contribution in [0.2, 0.25) is 5.02 Å². The van der Waals surface area contributed by atoms with E-state index in [1.165, 1.54) is 12.1 Å². The number of alkyl halides is 1. The van der Waals surface area contributed by atoms with E-state index in [-0.39, 0.29) is 23.3 Å². The molecule has 0 fully saturated rings. The molecule has 0 saturated heterocycles. The Kier molecular flexibility index (Phi) is 5.96. The molecule has 0 bridgehead atoms. The van der Waals surface area contributed by atoms with Crippen LogP contribution in [0.4, 0.5) is 0 Å². The van der Waals surface area contributed by atoms with Crippen LogP contribution in [0.5, 0.6) is 5.75 Å². The molecular weight excluding hydrogens is 318 g/mol. The van der Waals surface area contributed by atoms with Crippen molar-refractivity contribution in [3.05, 3.63) is 28.8 Å². The summed E-state index contributed by atoms with van der Waals surface area (Å²) in [6.07, 6.45) is 0.866. The lowest BCUT2D eigenvalue weighted by atomic mass is 10.1. The Labute approximate surface area is 121 Å². The summed E-state index contributed by atoms with van der Waals surface area (Å²) in [4.78, 5) is 14.1. The van der Waals surface area contributed by atoms with Gasteiger partial charge in [-0.15, -0.1) is 0 Å². The molecule has 1 aromatic rings. The van der Waals surface area contributed by atoms with Crippen LogP contribution < -0.4 is 0 Å². The van der Waals surface area contributed by atoms with Gasteiger partial charge in [-0.1, -0.05) is 27.5 Å². The van der Waals surface area contributed by atoms with Crippen LogP contribution in [0, 0.1) is 0 Å². The number of nitrogens with zero attached hydrogens (tertiary/aromatic N) is 1. The molecule has 0 unspecified atom stereocenters. The maximum atomic E-state index is 12.4. The highest BCUT2D eigenvalue weighted by Crippen LogP contribution is 2.23. The molecule has 0 atom stereocenters. The van der Waals surface area contributed by atoms with Gasteiger partial charge in [-0.3, -0.25) is 4.79 Å². The van der Waals surface area contributed by atoms with Gasteiger partial charge >= 0.3 is 0 Å². The van der Waals surface area contributed by atoms with E-state index in [0.29, 0.717) is 11.6 Å². The molecule has 1 amide bonds. The SMILES string of the molecule is CC(C)N(CCCBr)C(=O)c1cc(Cl)ccc1O. The van der Waals surface area contributed by atoms with Crippen molar-refractivity contribution < 1.29 is 9.90 Å². The topological polar surface area (TPSA) is 40.5 Å². The van der Waals surface area contributed by atoms with Crippen molar-refractivity contribution in [1.29, 1.82) is 0 Å². The molecule has 0 saturated carbocycles. The van der Waals surface area contributed by atoms with Crippen LogP contribution in [-0.4, -0.2) is 33.8 Å². The number of halogens is 2. The third kappa shape index (κ3) is 3.89. The first kappa shape index (κ1) is 15.3. The Balaban J connectivity index is 2.98. The average molecular weight is 335 g/mol. The lowest BCUT2D eigenvalue weighted by Crippen LogP contribution is -2.37. The first-order valence-corrected chi connectivity index (χ1v) is 7.32. The fraction of sp³-hybridized carbons (Fsp3) is 0.462. The Morgan fingerprint density at radius 3 is 2.72 bits per heavy atom. The fourth-order valence-corrected chi connectivity index (χ4v) is 2.08. The van der Waals surface area contributed by atoms with Crippen LogP contribution >= 0.6 is 27.5 Å². The molecule has 1 aromatic carbocycles. The van der Waals surface area contributed by atoms with Crippen molar-refractivity contribution >= 4 is 33.4 Å². The molecule has 100 valence electrons. The summed E-state index contributed by atoms with van der Waals surface area (Å²) in [5.41, 5.74) is 0.255. The van der Waals surface area contributed by atoms with Crippen LogP contribution in [0.15, 0.2) is 18.2 Å². The van der Waals surface area contributed by atoms with Gasteiger partial charge in [0, 0.05) is 22.9 Å². The molecule has 3 nitrogen and oxygen atoms in total. The molecule has 0 radical (unpaired) electrons. The highest BCUT2D eigenvalue weighted by atomic mass is 79.9. The Hall–Kier alpha value is -0.740. The fourth-order valence-electron chi connectivity index (χ4n) is 1.66. The predicted octanol–water partition coefficient (Wildman–Crippen LogP) is 3.68. The van der Waals surface area contributed by atoms with E-state index >= 15 is 0 Å². The largest absolute Gasteiger partial charge is 0.507 e. The molecule has 1 rings (SSSR count). The lowest BCUT2D eigenvalue weighted by Gasteiger charge is -2.27. The summed E-state index contributed by atoms with van der Waals surface area (Å²) in [6.45, 7) is 4.55. The number of amides is 1. The second-order valence-corrected chi connectivity index (χ2v) is 5.53. The predicted molar refractivity (Wildman–Crippen MR) is 77.7 cm³/mol. The zero-order chi connectivity index (χ0) is 13.7. The number of hydrogen-bond donors (Lipinski definition) is 1. The smallest absolute Gasteiger partial charge is 0.257 e. The summed E-state index contributed by atoms with van der Waals surface area (Å²) in [5.74, 6) is -0.222. The van der Waals surface area contributed by atoms with Crippen molar-refractivity contribution in [2.24, 2.45) is 0 Å². The van der Waals surface area contributed by atoms with E-state index in [9.17, 15) is 9.90 Å². The first-order valence-electron chi connectivity index (χ1n) is 5.82. The molecule has 0 aliphatic heterocycles. The normalized spacial score (nSPS) is 10.7. The highest BCUT2D eigenvalue weighted by Gasteiger charge is 2.21. The number of rotatable bonds is 5. The quantitative estimate of drug-likeness (QED) is 0.834. The Bertz CT molecular complexity index is 423. The second kappa shape index (κ2) is 7.00. The summed E-state index contributed by atoms with van der Waals surface area (Å²) in [7, 11) is 0. The standard InChI is InChI=1S/C13H17BrClNO2/c1-9(2)16(7-3-6-14)13(18)11-8-10(15)4-5-12(11)17/h4-5,8-9,17H,3,6-7H2,1-2H3. The van der Waals surface area contributed by atoms with E-state index in [2.05, 4.69) is 15.9 Å². The lowest BCUT2D eigenvalue weighted by molar-refractivity contribution is 0.0703. The molecular formula is C13H17BrClNO2. The number of phenols is 1. The van der Waals surface area contributed by atoms with Gasteiger partial charge in [-0.2, -0.15) is 0 Å². The molecule has 0 aromatic heterocycles. The number of aromatic hydroxyl groups is 1. The van der Waals surface area contributed by atoms with Gasteiger partial charge in [-0.05, 0) is 38.5 Å². The minimum Gasteiger partial charge on any atom is -0.507 e. The summed E-state index contributed by atoms with van der Waals surface area (Å²) >= 11 is 9.21. The molecule has 1 N–H and O–H groups in total. The minimum atomic E-state index is -0.189. The van der Waals surface area contributed by atoms with Gasteiger partial charge in [0.2, 0.25) is 0 Å². The molecule has 0 heterocycles. The van der Waals surface area contributed by atoms with Crippen molar-refractivity contribution in [3.63, 3.8) is 0 Å². The van der Waals surface area contributed by atoms with E-state index in [0.717, 1.165) is 11.8 Å². The van der Waals surface area contributed by atoms with Crippen LogP contribution in [0.25, 0.3) is 0 Å². The summed E-state index contributed by atoms with van der Waals surface area (Å²) in [6, 6.07) is 4.59. The maximum Gasteiger partial charge on any atom is 0.257 e. The third-order valence-electron chi connectivity index (χ3n) is 2.61. The average Bonchev–Trinajstić information content (AvgIpc) is 2.32. The van der Waals surface area contributed by atoms with Crippen LogP contribution in [0.3, 0.4) is 0 Å². The molecule has 5 heteroatoms. The highest BCUT2D eigenvalue weighted by molar-refractivity contribution is 9.09. The zero-order valence-electron chi connectivity index (χ0n) is 10.5. The maximum absolute atomic E-state index is 12.4. The van der Waals surface area contributed by atoms with Gasteiger partial charge in [0.15, 0.2) is 0 Å². The van der Waals surface area contributed by atoms with Gasteiger partial charge in [0.25, 0.3) is 5.91 Å². The zero-order valence-corrected chi connectivity index (χ0v) is 12.8. The summed E-state index contributed by atoms with van der Waals surface area (Å²) < 4.78 is 0. The van der Waals surface area contributed by atoms with E-state index in [1.807, 2.05) is 13.8 Å². The minimum absolute atomic E-state index is 0.0334. The van der Waals surface area contributed by atoms with Crippen molar-refractivity contribution in [1.82, 2.24) is 4.90 Å².